The van der Waals surface area contributed by atoms with Crippen LogP contribution in [0, 0.1) is 6.92 Å². The molecule has 12 heteroatoms. The summed E-state index contributed by atoms with van der Waals surface area (Å²) < 4.78 is 44.4. The SMILES string of the molecule is COc1cc2c(cc1Nc1ncc(Cl)c(Nc3cc(OS(=O)(=O)F)ccc3C)n1)CN(C)CC2. The Morgan fingerprint density at radius 3 is 2.68 bits per heavy atom. The molecule has 2 heterocycles. The second-order valence-electron chi connectivity index (χ2n) is 7.90. The minimum absolute atomic E-state index is 0.192. The van der Waals surface area contributed by atoms with Gasteiger partial charge >= 0.3 is 10.5 Å². The Morgan fingerprint density at radius 2 is 1.94 bits per heavy atom. The summed E-state index contributed by atoms with van der Waals surface area (Å²) in [4.78, 5) is 10.9. The van der Waals surface area contributed by atoms with Crippen LogP contribution in [0.1, 0.15) is 16.7 Å². The van der Waals surface area contributed by atoms with Gasteiger partial charge in [0.1, 0.15) is 16.5 Å². The van der Waals surface area contributed by atoms with Gasteiger partial charge in [0.2, 0.25) is 5.95 Å². The first-order valence-corrected chi connectivity index (χ1v) is 12.0. The molecule has 1 aliphatic heterocycles. The van der Waals surface area contributed by atoms with Gasteiger partial charge in [0, 0.05) is 24.8 Å². The quantitative estimate of drug-likeness (QED) is 0.446. The van der Waals surface area contributed by atoms with E-state index in [0.717, 1.165) is 25.1 Å². The van der Waals surface area contributed by atoms with E-state index in [2.05, 4.69) is 36.7 Å². The van der Waals surface area contributed by atoms with Crippen LogP contribution in [0.2, 0.25) is 5.02 Å². The maximum atomic E-state index is 12.9. The Hall–Kier alpha value is -3.15. The molecule has 0 saturated heterocycles. The molecule has 34 heavy (non-hydrogen) atoms. The summed E-state index contributed by atoms with van der Waals surface area (Å²) in [7, 11) is -1.47. The maximum Gasteiger partial charge on any atom is 0.488 e. The smallest absolute Gasteiger partial charge is 0.488 e. The van der Waals surface area contributed by atoms with Gasteiger partial charge in [0.15, 0.2) is 5.82 Å². The van der Waals surface area contributed by atoms with Crippen molar-refractivity contribution in [3.05, 3.63) is 58.2 Å². The Kier molecular flexibility index (Phi) is 6.78. The van der Waals surface area contributed by atoms with Crippen LogP contribution in [0.5, 0.6) is 11.5 Å². The molecule has 0 saturated carbocycles. The Labute approximate surface area is 202 Å². The molecular formula is C22H23ClFN5O4S. The molecule has 0 radical (unpaired) electrons. The fourth-order valence-corrected chi connectivity index (χ4v) is 4.13. The number of aryl methyl sites for hydroxylation is 1. The molecule has 2 aromatic carbocycles. The van der Waals surface area contributed by atoms with E-state index in [4.69, 9.17) is 16.3 Å². The summed E-state index contributed by atoms with van der Waals surface area (Å²) in [5.74, 6) is 1.01. The molecule has 0 fully saturated rings. The van der Waals surface area contributed by atoms with Crippen molar-refractivity contribution in [3.63, 3.8) is 0 Å². The van der Waals surface area contributed by atoms with Crippen molar-refractivity contribution in [2.24, 2.45) is 0 Å². The van der Waals surface area contributed by atoms with E-state index >= 15 is 0 Å². The Balaban J connectivity index is 1.62. The number of fused-ring (bicyclic) bond motifs is 1. The summed E-state index contributed by atoms with van der Waals surface area (Å²) in [6.45, 7) is 3.59. The monoisotopic (exact) mass is 507 g/mol. The molecule has 2 N–H and O–H groups in total. The highest BCUT2D eigenvalue weighted by molar-refractivity contribution is 7.81. The van der Waals surface area contributed by atoms with Crippen molar-refractivity contribution in [1.82, 2.24) is 14.9 Å². The van der Waals surface area contributed by atoms with Gasteiger partial charge in [-0.2, -0.15) is 13.4 Å². The Bertz CT molecular complexity index is 1340. The molecule has 0 amide bonds. The zero-order chi connectivity index (χ0) is 24.5. The van der Waals surface area contributed by atoms with Crippen LogP contribution >= 0.6 is 11.6 Å². The van der Waals surface area contributed by atoms with Gasteiger partial charge in [-0.15, -0.1) is 0 Å². The standard InChI is InChI=1S/C22H23ClFN5O4S/c1-13-4-5-16(33-34(24,30)31)10-18(13)26-21-17(23)11-25-22(28-21)27-19-8-15-12-29(2)7-6-14(15)9-20(19)32-3/h4-5,8-11H,6-7,12H2,1-3H3,(H2,25,26,27,28). The third-order valence-electron chi connectivity index (χ3n) is 5.37. The number of hydrogen-bond acceptors (Lipinski definition) is 9. The van der Waals surface area contributed by atoms with Crippen molar-refractivity contribution in [1.29, 1.82) is 0 Å². The molecule has 0 unspecified atom stereocenters. The Morgan fingerprint density at radius 1 is 1.15 bits per heavy atom. The molecule has 1 aromatic heterocycles. The van der Waals surface area contributed by atoms with E-state index in [9.17, 15) is 12.3 Å². The van der Waals surface area contributed by atoms with Crippen LogP contribution in [-0.2, 0) is 23.5 Å². The first kappa shape index (κ1) is 24.0. The van der Waals surface area contributed by atoms with Crippen LogP contribution < -0.4 is 19.6 Å². The third kappa shape index (κ3) is 5.66. The van der Waals surface area contributed by atoms with Gasteiger partial charge in [-0.25, -0.2) is 4.98 Å². The van der Waals surface area contributed by atoms with Crippen molar-refractivity contribution in [3.8, 4) is 11.5 Å². The lowest BCUT2D eigenvalue weighted by atomic mass is 9.99. The maximum absolute atomic E-state index is 12.9. The van der Waals surface area contributed by atoms with Crippen LogP contribution in [0.4, 0.5) is 27.0 Å². The predicted octanol–water partition coefficient (Wildman–Crippen LogP) is 4.52. The highest BCUT2D eigenvalue weighted by atomic mass is 35.5. The molecule has 0 aliphatic carbocycles. The average molecular weight is 508 g/mol. The molecule has 3 aromatic rings. The number of ether oxygens (including phenoxy) is 1. The second-order valence-corrected chi connectivity index (χ2v) is 9.26. The lowest BCUT2D eigenvalue weighted by Gasteiger charge is -2.26. The molecule has 4 rings (SSSR count). The highest BCUT2D eigenvalue weighted by Crippen LogP contribution is 2.34. The number of hydrogen-bond donors (Lipinski definition) is 2. The minimum atomic E-state index is -5.15. The lowest BCUT2D eigenvalue weighted by Crippen LogP contribution is -2.26. The number of benzene rings is 2. The van der Waals surface area contributed by atoms with E-state index in [-0.39, 0.29) is 22.5 Å². The van der Waals surface area contributed by atoms with Gasteiger partial charge in [-0.3, -0.25) is 0 Å². The number of nitrogens with zero attached hydrogens (tertiary/aromatic N) is 3. The lowest BCUT2D eigenvalue weighted by molar-refractivity contribution is 0.312. The number of likely N-dealkylation sites (N-methyl/N-ethyl adjacent to an activating group) is 1. The van der Waals surface area contributed by atoms with Gasteiger partial charge < -0.3 is 24.5 Å². The molecule has 0 atom stereocenters. The summed E-state index contributed by atoms with van der Waals surface area (Å²) >= 11 is 6.28. The fraction of sp³-hybridized carbons (Fsp3) is 0.273. The summed E-state index contributed by atoms with van der Waals surface area (Å²) in [6, 6.07) is 8.30. The topological polar surface area (TPSA) is 106 Å². The first-order valence-electron chi connectivity index (χ1n) is 10.3. The number of rotatable bonds is 7. The van der Waals surface area contributed by atoms with E-state index in [1.54, 1.807) is 20.1 Å². The van der Waals surface area contributed by atoms with Crippen molar-refractivity contribution in [2.45, 2.75) is 19.9 Å². The molecule has 180 valence electrons. The van der Waals surface area contributed by atoms with Crippen molar-refractivity contribution < 1.29 is 21.2 Å². The summed E-state index contributed by atoms with van der Waals surface area (Å²) in [6.07, 6.45) is 2.37. The van der Waals surface area contributed by atoms with Crippen LogP contribution in [0.15, 0.2) is 36.5 Å². The zero-order valence-electron chi connectivity index (χ0n) is 18.7. The van der Waals surface area contributed by atoms with Gasteiger partial charge in [-0.05, 0) is 55.3 Å². The normalized spacial score (nSPS) is 13.8. The van der Waals surface area contributed by atoms with Gasteiger partial charge in [0.25, 0.3) is 0 Å². The van der Waals surface area contributed by atoms with Gasteiger partial charge in [0.05, 0.1) is 19.0 Å². The minimum Gasteiger partial charge on any atom is -0.495 e. The largest absolute Gasteiger partial charge is 0.495 e. The number of methoxy groups -OCH3 is 1. The predicted molar refractivity (Wildman–Crippen MR) is 128 cm³/mol. The van der Waals surface area contributed by atoms with Crippen LogP contribution in [0.3, 0.4) is 0 Å². The molecular weight excluding hydrogens is 485 g/mol. The second kappa shape index (κ2) is 9.61. The number of nitrogens with one attached hydrogen (secondary N) is 2. The third-order valence-corrected chi connectivity index (χ3v) is 6.04. The van der Waals surface area contributed by atoms with E-state index in [1.165, 1.54) is 29.5 Å². The number of halogens is 2. The highest BCUT2D eigenvalue weighted by Gasteiger charge is 2.18. The van der Waals surface area contributed by atoms with Crippen molar-refractivity contribution >= 4 is 45.2 Å². The molecule has 0 bridgehead atoms. The molecule has 9 nitrogen and oxygen atoms in total. The van der Waals surface area contributed by atoms with Crippen molar-refractivity contribution in [2.75, 3.05) is 31.3 Å². The average Bonchev–Trinajstić information content (AvgIpc) is 2.76. The van der Waals surface area contributed by atoms with Crippen LogP contribution in [0.25, 0.3) is 0 Å². The molecule has 1 aliphatic rings. The fourth-order valence-electron chi connectivity index (χ4n) is 3.66. The van der Waals surface area contributed by atoms with Crippen LogP contribution in [-0.4, -0.2) is 44.0 Å². The zero-order valence-corrected chi connectivity index (χ0v) is 20.3. The van der Waals surface area contributed by atoms with E-state index < -0.39 is 10.5 Å². The summed E-state index contributed by atoms with van der Waals surface area (Å²) in [5.41, 5.74) is 4.31. The summed E-state index contributed by atoms with van der Waals surface area (Å²) in [5, 5.41) is 6.43. The van der Waals surface area contributed by atoms with Gasteiger partial charge in [-0.1, -0.05) is 21.6 Å². The first-order chi connectivity index (χ1) is 16.1. The number of aromatic nitrogens is 2. The van der Waals surface area contributed by atoms with E-state index in [0.29, 0.717) is 17.1 Å². The molecule has 0 spiro atoms. The van der Waals surface area contributed by atoms with E-state index in [1.807, 2.05) is 12.1 Å². The number of anilines is 4.